The van der Waals surface area contributed by atoms with Gasteiger partial charge in [-0.3, -0.25) is 14.1 Å². The largest absolute Gasteiger partial charge is 0.297 e. The summed E-state index contributed by atoms with van der Waals surface area (Å²) in [5.74, 6) is 0.752. The molecule has 1 aliphatic rings. The predicted molar refractivity (Wildman–Crippen MR) is 77.8 cm³/mol. The molecule has 1 aliphatic heterocycles. The van der Waals surface area contributed by atoms with Gasteiger partial charge in [0.2, 0.25) is 0 Å². The van der Waals surface area contributed by atoms with Crippen molar-refractivity contribution in [2.75, 3.05) is 13.1 Å². The van der Waals surface area contributed by atoms with Gasteiger partial charge in [0.25, 0.3) is 5.56 Å². The highest BCUT2D eigenvalue weighted by Gasteiger charge is 2.17. The fourth-order valence-corrected chi connectivity index (χ4v) is 3.73. The summed E-state index contributed by atoms with van der Waals surface area (Å²) < 4.78 is 1.69. The van der Waals surface area contributed by atoms with Crippen LogP contribution in [0.15, 0.2) is 16.2 Å². The van der Waals surface area contributed by atoms with Crippen molar-refractivity contribution in [1.82, 2.24) is 14.3 Å². The lowest BCUT2D eigenvalue weighted by Crippen LogP contribution is -2.34. The second-order valence-electron chi connectivity index (χ2n) is 5.56. The molecular weight excluding hydrogens is 258 g/mol. The van der Waals surface area contributed by atoms with E-state index in [0.29, 0.717) is 0 Å². The second-order valence-corrected chi connectivity index (χ2v) is 6.40. The molecule has 102 valence electrons. The summed E-state index contributed by atoms with van der Waals surface area (Å²) >= 11 is 1.54. The van der Waals surface area contributed by atoms with Gasteiger partial charge >= 0.3 is 0 Å². The van der Waals surface area contributed by atoms with Gasteiger partial charge in [0.15, 0.2) is 4.96 Å². The first-order valence-electron chi connectivity index (χ1n) is 6.82. The van der Waals surface area contributed by atoms with Crippen LogP contribution in [0.3, 0.4) is 0 Å². The molecule has 0 spiro atoms. The van der Waals surface area contributed by atoms with Gasteiger partial charge < -0.3 is 0 Å². The van der Waals surface area contributed by atoms with Crippen LogP contribution >= 0.6 is 11.3 Å². The van der Waals surface area contributed by atoms with E-state index in [0.717, 1.165) is 41.9 Å². The van der Waals surface area contributed by atoms with E-state index in [1.807, 2.05) is 12.3 Å². The Hall–Kier alpha value is -1.20. The maximum absolute atomic E-state index is 12.1. The molecule has 0 aromatic carbocycles. The third-order valence-corrected chi connectivity index (χ3v) is 4.70. The molecule has 5 heteroatoms. The number of likely N-dealkylation sites (tertiary alicyclic amines) is 1. The molecule has 1 saturated heterocycles. The normalized spacial score (nSPS) is 21.1. The molecular formula is C14H19N3OS. The van der Waals surface area contributed by atoms with E-state index in [4.69, 9.17) is 0 Å². The van der Waals surface area contributed by atoms with Crippen molar-refractivity contribution in [3.05, 3.63) is 33.2 Å². The summed E-state index contributed by atoms with van der Waals surface area (Å²) in [6.07, 6.45) is 2.57. The van der Waals surface area contributed by atoms with E-state index < -0.39 is 0 Å². The number of aryl methyl sites for hydroxylation is 1. The van der Waals surface area contributed by atoms with Crippen molar-refractivity contribution in [1.29, 1.82) is 0 Å². The van der Waals surface area contributed by atoms with E-state index >= 15 is 0 Å². The summed E-state index contributed by atoms with van der Waals surface area (Å²) in [6, 6.07) is 1.69. The van der Waals surface area contributed by atoms with Crippen molar-refractivity contribution >= 4 is 16.3 Å². The van der Waals surface area contributed by atoms with Crippen LogP contribution in [0, 0.1) is 12.8 Å². The van der Waals surface area contributed by atoms with Crippen molar-refractivity contribution in [2.24, 2.45) is 5.92 Å². The molecule has 3 heterocycles. The first-order valence-corrected chi connectivity index (χ1v) is 7.70. The number of hydrogen-bond donors (Lipinski definition) is 0. The molecule has 19 heavy (non-hydrogen) atoms. The Kier molecular flexibility index (Phi) is 3.41. The quantitative estimate of drug-likeness (QED) is 0.845. The first kappa shape index (κ1) is 12.8. The van der Waals surface area contributed by atoms with E-state index in [1.165, 1.54) is 24.2 Å². The van der Waals surface area contributed by atoms with Gasteiger partial charge in [-0.15, -0.1) is 11.3 Å². The number of hydrogen-bond acceptors (Lipinski definition) is 4. The summed E-state index contributed by atoms with van der Waals surface area (Å²) in [5, 5.41) is 1.98. The predicted octanol–water partition coefficient (Wildman–Crippen LogP) is 2.30. The van der Waals surface area contributed by atoms with Crippen molar-refractivity contribution in [3.63, 3.8) is 0 Å². The van der Waals surface area contributed by atoms with Gasteiger partial charge in [-0.05, 0) is 32.2 Å². The standard InChI is InChI=1S/C14H19N3OS/c1-10-4-3-5-16(7-10)8-12-6-13(18)17-11(2)9-19-14(17)15-12/h6,9-10H,3-5,7-8H2,1-2H3/t10-/m1/s1. The smallest absolute Gasteiger partial charge is 0.259 e. The van der Waals surface area contributed by atoms with Gasteiger partial charge in [0.1, 0.15) is 0 Å². The number of thiazole rings is 1. The van der Waals surface area contributed by atoms with Crippen LogP contribution in [0.2, 0.25) is 0 Å². The van der Waals surface area contributed by atoms with Crippen LogP contribution < -0.4 is 5.56 Å². The second kappa shape index (κ2) is 5.06. The third kappa shape index (κ3) is 2.58. The average Bonchev–Trinajstić information content (AvgIpc) is 2.71. The van der Waals surface area contributed by atoms with E-state index in [1.54, 1.807) is 10.5 Å². The van der Waals surface area contributed by atoms with E-state index in [-0.39, 0.29) is 5.56 Å². The van der Waals surface area contributed by atoms with Gasteiger partial charge in [-0.25, -0.2) is 4.98 Å². The van der Waals surface area contributed by atoms with Gasteiger partial charge in [-0.2, -0.15) is 0 Å². The molecule has 0 saturated carbocycles. The fourth-order valence-electron chi connectivity index (χ4n) is 2.84. The molecule has 2 aromatic rings. The molecule has 0 N–H and O–H groups in total. The maximum atomic E-state index is 12.1. The molecule has 4 nitrogen and oxygen atoms in total. The Balaban J connectivity index is 1.87. The molecule has 0 unspecified atom stereocenters. The molecule has 0 amide bonds. The summed E-state index contributed by atoms with van der Waals surface area (Å²) in [5.41, 5.74) is 1.92. The Morgan fingerprint density at radius 2 is 2.37 bits per heavy atom. The lowest BCUT2D eigenvalue weighted by Gasteiger charge is -2.30. The van der Waals surface area contributed by atoms with Crippen LogP contribution in [0.1, 0.15) is 31.2 Å². The number of aromatic nitrogens is 2. The summed E-state index contributed by atoms with van der Waals surface area (Å²) in [4.78, 5) is 19.9. The number of fused-ring (bicyclic) bond motifs is 1. The summed E-state index contributed by atoms with van der Waals surface area (Å²) in [7, 11) is 0. The van der Waals surface area contributed by atoms with Crippen LogP contribution in [0.4, 0.5) is 0 Å². The highest BCUT2D eigenvalue weighted by molar-refractivity contribution is 7.15. The minimum atomic E-state index is 0.0452. The minimum absolute atomic E-state index is 0.0452. The Labute approximate surface area is 116 Å². The van der Waals surface area contributed by atoms with Gasteiger partial charge in [0.05, 0.1) is 5.69 Å². The van der Waals surface area contributed by atoms with Gasteiger partial charge in [-0.1, -0.05) is 6.92 Å². The average molecular weight is 277 g/mol. The minimum Gasteiger partial charge on any atom is -0.297 e. The zero-order valence-electron chi connectivity index (χ0n) is 11.4. The van der Waals surface area contributed by atoms with Crippen molar-refractivity contribution in [2.45, 2.75) is 33.2 Å². The van der Waals surface area contributed by atoms with E-state index in [9.17, 15) is 4.79 Å². The molecule has 1 fully saturated rings. The lowest BCUT2D eigenvalue weighted by molar-refractivity contribution is 0.175. The maximum Gasteiger partial charge on any atom is 0.259 e. The monoisotopic (exact) mass is 277 g/mol. The zero-order chi connectivity index (χ0) is 13.4. The molecule has 0 bridgehead atoms. The molecule has 0 aliphatic carbocycles. The fraction of sp³-hybridized carbons (Fsp3) is 0.571. The third-order valence-electron chi connectivity index (χ3n) is 3.76. The Bertz CT molecular complexity index is 646. The number of nitrogens with zero attached hydrogens (tertiary/aromatic N) is 3. The number of rotatable bonds is 2. The van der Waals surface area contributed by atoms with Gasteiger partial charge in [0, 0.05) is 30.2 Å². The Morgan fingerprint density at radius 3 is 3.16 bits per heavy atom. The van der Waals surface area contributed by atoms with Crippen LogP contribution in [0.25, 0.3) is 4.96 Å². The lowest BCUT2D eigenvalue weighted by atomic mass is 10.0. The van der Waals surface area contributed by atoms with Crippen molar-refractivity contribution < 1.29 is 0 Å². The van der Waals surface area contributed by atoms with Crippen LogP contribution in [-0.2, 0) is 6.54 Å². The zero-order valence-corrected chi connectivity index (χ0v) is 12.2. The molecule has 3 rings (SSSR count). The topological polar surface area (TPSA) is 37.6 Å². The highest BCUT2D eigenvalue weighted by atomic mass is 32.1. The van der Waals surface area contributed by atoms with Crippen molar-refractivity contribution in [3.8, 4) is 0 Å². The van der Waals surface area contributed by atoms with Crippen LogP contribution in [-0.4, -0.2) is 27.4 Å². The molecule has 0 radical (unpaired) electrons. The highest BCUT2D eigenvalue weighted by Crippen LogP contribution is 2.18. The summed E-state index contributed by atoms with van der Waals surface area (Å²) in [6.45, 7) is 7.27. The SMILES string of the molecule is Cc1csc2nc(CN3CCC[C@@H](C)C3)cc(=O)n12. The van der Waals surface area contributed by atoms with E-state index in [2.05, 4.69) is 16.8 Å². The van der Waals surface area contributed by atoms with Crippen LogP contribution in [0.5, 0.6) is 0 Å². The molecule has 1 atom stereocenters. The first-order chi connectivity index (χ1) is 9.13. The Morgan fingerprint density at radius 1 is 1.53 bits per heavy atom. The molecule has 2 aromatic heterocycles. The number of piperidine rings is 1.